The molecular weight excluding hydrogens is 554 g/mol. The lowest BCUT2D eigenvalue weighted by Crippen LogP contribution is -2.74. The molecule has 7 aromatic rings. The molecule has 0 radical (unpaired) electrons. The first kappa shape index (κ1) is 23.9. The van der Waals surface area contributed by atoms with Crippen molar-refractivity contribution >= 4 is 66.6 Å². The predicted octanol–water partition coefficient (Wildman–Crippen LogP) is 7.13. The molecular formula is C36H26BrNSi. The molecule has 0 saturated heterocycles. The summed E-state index contributed by atoms with van der Waals surface area (Å²) < 4.78 is 1.09. The summed E-state index contributed by atoms with van der Waals surface area (Å²) in [5.41, 5.74) is 4.76. The Labute approximate surface area is 237 Å². The van der Waals surface area contributed by atoms with Crippen molar-refractivity contribution in [3.63, 3.8) is 0 Å². The van der Waals surface area contributed by atoms with Crippen LogP contribution in [0.3, 0.4) is 0 Å². The second-order valence-electron chi connectivity index (χ2n) is 10.0. The number of aromatic amines is 1. The van der Waals surface area contributed by atoms with Gasteiger partial charge in [0.2, 0.25) is 0 Å². The van der Waals surface area contributed by atoms with Crippen LogP contribution in [0.15, 0.2) is 156 Å². The third kappa shape index (κ3) is 4.06. The van der Waals surface area contributed by atoms with Gasteiger partial charge in [0.1, 0.15) is 0 Å². The number of benzene rings is 6. The fourth-order valence-corrected chi connectivity index (χ4v) is 11.1. The number of rotatable bonds is 5. The minimum absolute atomic E-state index is 1.09. The van der Waals surface area contributed by atoms with Gasteiger partial charge in [0.15, 0.2) is 8.07 Å². The predicted molar refractivity (Wildman–Crippen MR) is 173 cm³/mol. The maximum atomic E-state index is 3.78. The first-order valence-electron chi connectivity index (χ1n) is 13.2. The molecule has 1 aromatic heterocycles. The van der Waals surface area contributed by atoms with Crippen molar-refractivity contribution < 1.29 is 0 Å². The maximum absolute atomic E-state index is 3.78. The number of H-pyrrole nitrogens is 1. The van der Waals surface area contributed by atoms with Gasteiger partial charge in [-0.05, 0) is 56.1 Å². The van der Waals surface area contributed by atoms with E-state index in [-0.39, 0.29) is 0 Å². The number of hydrogen-bond acceptors (Lipinski definition) is 0. The zero-order valence-corrected chi connectivity index (χ0v) is 23.9. The smallest absolute Gasteiger partial charge is 0.179 e. The van der Waals surface area contributed by atoms with Crippen LogP contribution in [0.1, 0.15) is 0 Å². The average Bonchev–Trinajstić information content (AvgIpc) is 3.37. The van der Waals surface area contributed by atoms with Gasteiger partial charge >= 0.3 is 0 Å². The highest BCUT2D eigenvalue weighted by Gasteiger charge is 2.41. The molecule has 7 rings (SSSR count). The standard InChI is InChI=1S/C36H26BrNSi/c37-28-19-16-26(17-20-28)27-18-22-33-34-23-21-32(25-36(34)38-35(33)24-27)39(29-10-4-1-5-11-29,30-12-6-2-7-13-30)31-14-8-3-9-15-31/h1-25,38H. The fraction of sp³-hybridized carbons (Fsp3) is 0. The Hall–Kier alpha value is -4.18. The molecule has 0 spiro atoms. The summed E-state index contributed by atoms with van der Waals surface area (Å²) in [6.07, 6.45) is 0. The highest BCUT2D eigenvalue weighted by atomic mass is 79.9. The van der Waals surface area contributed by atoms with E-state index in [0.717, 1.165) is 9.99 Å². The van der Waals surface area contributed by atoms with Crippen LogP contribution in [-0.4, -0.2) is 13.1 Å². The highest BCUT2D eigenvalue weighted by Crippen LogP contribution is 2.30. The minimum atomic E-state index is -2.56. The molecule has 39 heavy (non-hydrogen) atoms. The zero-order chi connectivity index (χ0) is 26.2. The molecule has 0 fully saturated rings. The van der Waals surface area contributed by atoms with Crippen molar-refractivity contribution in [2.45, 2.75) is 0 Å². The summed E-state index contributed by atoms with van der Waals surface area (Å²) in [6, 6.07) is 55.6. The normalized spacial score (nSPS) is 11.7. The van der Waals surface area contributed by atoms with E-state index in [9.17, 15) is 0 Å². The van der Waals surface area contributed by atoms with Crippen LogP contribution >= 0.6 is 15.9 Å². The molecule has 3 heteroatoms. The van der Waals surface area contributed by atoms with Crippen molar-refractivity contribution in [1.29, 1.82) is 0 Å². The van der Waals surface area contributed by atoms with E-state index in [4.69, 9.17) is 0 Å². The second kappa shape index (κ2) is 9.85. The molecule has 0 amide bonds. The molecule has 0 aliphatic heterocycles. The molecule has 0 saturated carbocycles. The van der Waals surface area contributed by atoms with Crippen LogP contribution in [0.25, 0.3) is 32.9 Å². The van der Waals surface area contributed by atoms with Gasteiger partial charge in [-0.1, -0.05) is 143 Å². The lowest BCUT2D eigenvalue weighted by molar-refractivity contribution is 1.54. The van der Waals surface area contributed by atoms with E-state index >= 15 is 0 Å². The summed E-state index contributed by atoms with van der Waals surface area (Å²) >= 11 is 3.55. The number of fused-ring (bicyclic) bond motifs is 3. The molecule has 0 atom stereocenters. The van der Waals surface area contributed by atoms with Crippen molar-refractivity contribution in [2.75, 3.05) is 0 Å². The van der Waals surface area contributed by atoms with E-state index in [0.29, 0.717) is 0 Å². The maximum Gasteiger partial charge on any atom is 0.179 e. The van der Waals surface area contributed by atoms with Gasteiger partial charge in [0.25, 0.3) is 0 Å². The van der Waals surface area contributed by atoms with Crippen LogP contribution in [-0.2, 0) is 0 Å². The minimum Gasteiger partial charge on any atom is -0.354 e. The van der Waals surface area contributed by atoms with Gasteiger partial charge in [-0.25, -0.2) is 0 Å². The topological polar surface area (TPSA) is 15.8 Å². The summed E-state index contributed by atoms with van der Waals surface area (Å²) in [4.78, 5) is 3.78. The van der Waals surface area contributed by atoms with E-state index in [1.807, 2.05) is 0 Å². The molecule has 0 aliphatic carbocycles. The molecule has 0 aliphatic rings. The molecule has 0 bridgehead atoms. The first-order chi connectivity index (χ1) is 19.2. The Bertz CT molecular complexity index is 1800. The summed E-state index contributed by atoms with van der Waals surface area (Å²) in [6.45, 7) is 0. The molecule has 1 nitrogen and oxygen atoms in total. The van der Waals surface area contributed by atoms with Crippen LogP contribution < -0.4 is 20.7 Å². The van der Waals surface area contributed by atoms with E-state index in [2.05, 4.69) is 173 Å². The number of nitrogens with one attached hydrogen (secondary N) is 1. The van der Waals surface area contributed by atoms with Gasteiger partial charge in [-0.15, -0.1) is 0 Å². The Morgan fingerprint density at radius 3 is 1.41 bits per heavy atom. The quantitative estimate of drug-likeness (QED) is 0.165. The Kier molecular flexibility index (Phi) is 6.03. The number of aromatic nitrogens is 1. The third-order valence-corrected chi connectivity index (χ3v) is 13.1. The van der Waals surface area contributed by atoms with E-state index < -0.39 is 8.07 Å². The highest BCUT2D eigenvalue weighted by molar-refractivity contribution is 9.10. The third-order valence-electron chi connectivity index (χ3n) is 7.83. The first-order valence-corrected chi connectivity index (χ1v) is 16.0. The van der Waals surface area contributed by atoms with E-state index in [1.54, 1.807) is 0 Å². The van der Waals surface area contributed by atoms with Crippen LogP contribution in [0.5, 0.6) is 0 Å². The lowest BCUT2D eigenvalue weighted by atomic mass is 10.0. The average molecular weight is 581 g/mol. The lowest BCUT2D eigenvalue weighted by Gasteiger charge is -2.34. The molecule has 6 aromatic carbocycles. The van der Waals surface area contributed by atoms with Gasteiger partial charge in [0, 0.05) is 26.3 Å². The molecule has 0 unspecified atom stereocenters. The second-order valence-corrected chi connectivity index (χ2v) is 14.7. The van der Waals surface area contributed by atoms with Gasteiger partial charge in [-0.3, -0.25) is 0 Å². The Morgan fingerprint density at radius 2 is 0.872 bits per heavy atom. The number of halogens is 1. The van der Waals surface area contributed by atoms with Gasteiger partial charge in [-0.2, -0.15) is 0 Å². The van der Waals surface area contributed by atoms with Gasteiger partial charge in [0.05, 0.1) is 0 Å². The Morgan fingerprint density at radius 1 is 0.410 bits per heavy atom. The van der Waals surface area contributed by atoms with Crippen molar-refractivity contribution in [3.05, 3.63) is 156 Å². The molecule has 186 valence electrons. The van der Waals surface area contributed by atoms with Gasteiger partial charge < -0.3 is 4.98 Å². The van der Waals surface area contributed by atoms with Crippen LogP contribution in [0.2, 0.25) is 0 Å². The van der Waals surface area contributed by atoms with Crippen molar-refractivity contribution in [3.8, 4) is 11.1 Å². The van der Waals surface area contributed by atoms with Crippen molar-refractivity contribution in [2.24, 2.45) is 0 Å². The van der Waals surface area contributed by atoms with Crippen LogP contribution in [0.4, 0.5) is 0 Å². The fourth-order valence-electron chi connectivity index (χ4n) is 6.03. The zero-order valence-electron chi connectivity index (χ0n) is 21.3. The Balaban J connectivity index is 1.48. The molecule has 1 heterocycles. The van der Waals surface area contributed by atoms with Crippen LogP contribution in [0, 0.1) is 0 Å². The SMILES string of the molecule is Brc1ccc(-c2ccc3c(c2)[nH]c2cc([Si](c4ccccc4)(c4ccccc4)c4ccccc4)ccc23)cc1. The summed E-state index contributed by atoms with van der Waals surface area (Å²) in [7, 11) is -2.56. The molecule has 1 N–H and O–H groups in total. The van der Waals surface area contributed by atoms with Crippen molar-refractivity contribution in [1.82, 2.24) is 4.98 Å². The monoisotopic (exact) mass is 579 g/mol. The summed E-state index contributed by atoms with van der Waals surface area (Å²) in [5.74, 6) is 0. The van der Waals surface area contributed by atoms with E-state index in [1.165, 1.54) is 48.2 Å². The largest absolute Gasteiger partial charge is 0.354 e. The number of hydrogen-bond donors (Lipinski definition) is 1. The summed E-state index contributed by atoms with van der Waals surface area (Å²) in [5, 5.41) is 8.04.